The third-order valence-electron chi connectivity index (χ3n) is 5.07. The van der Waals surface area contributed by atoms with Gasteiger partial charge < -0.3 is 4.74 Å². The molecule has 0 fully saturated rings. The summed E-state index contributed by atoms with van der Waals surface area (Å²) >= 11 is 6.39. The fourth-order valence-electron chi connectivity index (χ4n) is 3.37. The van der Waals surface area contributed by atoms with Crippen molar-refractivity contribution in [3.05, 3.63) is 101 Å². The van der Waals surface area contributed by atoms with Crippen LogP contribution < -0.4 is 0 Å². The first kappa shape index (κ1) is 20.8. The second kappa shape index (κ2) is 8.70. The number of hydrogen-bond acceptors (Lipinski definition) is 4. The Morgan fingerprint density at radius 1 is 0.935 bits per heavy atom. The zero-order valence-electron chi connectivity index (χ0n) is 17.1. The molecule has 3 aromatic carbocycles. The highest BCUT2D eigenvalue weighted by Gasteiger charge is 2.23. The molecule has 0 N–H and O–H groups in total. The van der Waals surface area contributed by atoms with Gasteiger partial charge in [0.05, 0.1) is 21.8 Å². The molecule has 5 heteroatoms. The van der Waals surface area contributed by atoms with Crippen LogP contribution in [0.25, 0.3) is 22.2 Å². The molecule has 1 aromatic heterocycles. The van der Waals surface area contributed by atoms with Crippen LogP contribution in [0.4, 0.5) is 0 Å². The zero-order chi connectivity index (χ0) is 22.0. The Hall–Kier alpha value is -3.50. The molecular formula is C26H20ClNO3. The van der Waals surface area contributed by atoms with E-state index in [9.17, 15) is 9.59 Å². The van der Waals surface area contributed by atoms with E-state index in [-0.39, 0.29) is 5.78 Å². The van der Waals surface area contributed by atoms with Crippen molar-refractivity contribution in [1.82, 2.24) is 4.98 Å². The summed E-state index contributed by atoms with van der Waals surface area (Å²) in [4.78, 5) is 30.4. The number of ether oxygens (including phenoxy) is 1. The maximum Gasteiger partial charge on any atom is 0.339 e. The van der Waals surface area contributed by atoms with E-state index in [2.05, 4.69) is 4.98 Å². The van der Waals surface area contributed by atoms with Gasteiger partial charge in [-0.3, -0.25) is 4.79 Å². The van der Waals surface area contributed by atoms with E-state index in [1.54, 1.807) is 55.5 Å². The van der Waals surface area contributed by atoms with Gasteiger partial charge in [0.25, 0.3) is 0 Å². The number of aromatic nitrogens is 1. The van der Waals surface area contributed by atoms with Gasteiger partial charge in [-0.1, -0.05) is 83.9 Å². The molecular weight excluding hydrogens is 410 g/mol. The average molecular weight is 430 g/mol. The van der Waals surface area contributed by atoms with Crippen LogP contribution in [0.5, 0.6) is 0 Å². The van der Waals surface area contributed by atoms with Crippen molar-refractivity contribution in [2.75, 3.05) is 0 Å². The van der Waals surface area contributed by atoms with Crippen LogP contribution in [0.1, 0.15) is 33.2 Å². The second-order valence-electron chi connectivity index (χ2n) is 7.33. The molecule has 0 spiro atoms. The molecule has 1 atom stereocenters. The number of fused-ring (bicyclic) bond motifs is 1. The second-order valence-corrected chi connectivity index (χ2v) is 7.74. The minimum absolute atomic E-state index is 0.260. The molecule has 4 nitrogen and oxygen atoms in total. The highest BCUT2D eigenvalue weighted by Crippen LogP contribution is 2.30. The van der Waals surface area contributed by atoms with E-state index >= 15 is 0 Å². The minimum Gasteiger partial charge on any atom is -0.451 e. The molecule has 4 rings (SSSR count). The Morgan fingerprint density at radius 2 is 1.65 bits per heavy atom. The van der Waals surface area contributed by atoms with Crippen molar-refractivity contribution in [1.29, 1.82) is 0 Å². The summed E-state index contributed by atoms with van der Waals surface area (Å²) in [5.41, 5.74) is 3.90. The molecule has 1 heterocycles. The van der Waals surface area contributed by atoms with Gasteiger partial charge in [0.15, 0.2) is 6.10 Å². The van der Waals surface area contributed by atoms with Crippen LogP contribution in [0, 0.1) is 6.92 Å². The first-order chi connectivity index (χ1) is 14.9. The number of halogens is 1. The third-order valence-corrected chi connectivity index (χ3v) is 5.37. The minimum atomic E-state index is -0.930. The summed E-state index contributed by atoms with van der Waals surface area (Å²) < 4.78 is 5.55. The van der Waals surface area contributed by atoms with Crippen LogP contribution in [-0.2, 0) is 4.74 Å². The number of ketones is 1. The summed E-state index contributed by atoms with van der Waals surface area (Å²) in [6, 6.07) is 23.5. The molecule has 0 saturated heterocycles. The molecule has 0 bridgehead atoms. The lowest BCUT2D eigenvalue weighted by Crippen LogP contribution is -2.24. The van der Waals surface area contributed by atoms with Gasteiger partial charge >= 0.3 is 5.97 Å². The van der Waals surface area contributed by atoms with Crippen molar-refractivity contribution in [2.45, 2.75) is 20.0 Å². The van der Waals surface area contributed by atoms with Crippen LogP contribution >= 0.6 is 11.6 Å². The monoisotopic (exact) mass is 429 g/mol. The average Bonchev–Trinajstić information content (AvgIpc) is 2.79. The Kier molecular flexibility index (Phi) is 5.83. The van der Waals surface area contributed by atoms with Crippen molar-refractivity contribution in [3.63, 3.8) is 0 Å². The summed E-state index contributed by atoms with van der Waals surface area (Å²) in [5.74, 6) is -0.857. The van der Waals surface area contributed by atoms with Crippen LogP contribution in [0.2, 0.25) is 5.02 Å². The van der Waals surface area contributed by atoms with Crippen LogP contribution in [0.15, 0.2) is 78.9 Å². The van der Waals surface area contributed by atoms with Crippen molar-refractivity contribution in [3.8, 4) is 11.3 Å². The number of hydrogen-bond donors (Lipinski definition) is 0. The summed E-state index contributed by atoms with van der Waals surface area (Å²) in [7, 11) is 0. The van der Waals surface area contributed by atoms with E-state index in [1.807, 2.05) is 37.3 Å². The first-order valence-electron chi connectivity index (χ1n) is 9.90. The van der Waals surface area contributed by atoms with E-state index in [4.69, 9.17) is 16.3 Å². The first-order valence-corrected chi connectivity index (χ1v) is 10.3. The maximum absolute atomic E-state index is 13.1. The molecule has 0 radical (unpaired) electrons. The molecule has 154 valence electrons. The summed E-state index contributed by atoms with van der Waals surface area (Å²) in [5, 5.41) is 1.02. The van der Waals surface area contributed by atoms with Crippen LogP contribution in [0.3, 0.4) is 0 Å². The number of nitrogens with zero attached hydrogens (tertiary/aromatic N) is 1. The van der Waals surface area contributed by atoms with Gasteiger partial charge in [-0.15, -0.1) is 0 Å². The Bertz CT molecular complexity index is 1270. The predicted molar refractivity (Wildman–Crippen MR) is 123 cm³/mol. The fraction of sp³-hybridized carbons (Fsp3) is 0.115. The zero-order valence-corrected chi connectivity index (χ0v) is 17.9. The van der Waals surface area contributed by atoms with Crippen molar-refractivity contribution >= 4 is 34.3 Å². The van der Waals surface area contributed by atoms with Gasteiger partial charge in [0, 0.05) is 16.5 Å². The lowest BCUT2D eigenvalue weighted by atomic mass is 10.0. The molecule has 0 aliphatic rings. The third kappa shape index (κ3) is 4.35. The number of pyridine rings is 1. The number of aryl methyl sites for hydroxylation is 1. The van der Waals surface area contributed by atoms with E-state index < -0.39 is 12.1 Å². The SMILES string of the molecule is Cc1ccc(-c2cc(C(=O)OC(C)C(=O)c3ccccc3)c3cccc(Cl)c3n2)cc1. The number of carbonyl (C=O) groups excluding carboxylic acids is 2. The maximum atomic E-state index is 13.1. The largest absolute Gasteiger partial charge is 0.451 e. The van der Waals surface area contributed by atoms with E-state index in [0.717, 1.165) is 11.1 Å². The molecule has 4 aromatic rings. The number of carbonyl (C=O) groups is 2. The van der Waals surface area contributed by atoms with Crippen molar-refractivity contribution < 1.29 is 14.3 Å². The summed E-state index contributed by atoms with van der Waals surface area (Å²) in [6.07, 6.45) is -0.930. The highest BCUT2D eigenvalue weighted by molar-refractivity contribution is 6.35. The Labute approximate surface area is 185 Å². The number of para-hydroxylation sites is 1. The topological polar surface area (TPSA) is 56.3 Å². The Morgan fingerprint density at radius 3 is 2.35 bits per heavy atom. The molecule has 0 aliphatic heterocycles. The molecule has 31 heavy (non-hydrogen) atoms. The molecule has 1 unspecified atom stereocenters. The number of Topliss-reactive ketones (excluding diaryl/α,β-unsaturated/α-hetero) is 1. The van der Waals surface area contributed by atoms with Gasteiger partial charge in [0.2, 0.25) is 5.78 Å². The quantitative estimate of drug-likeness (QED) is 0.276. The molecule has 0 saturated carbocycles. The summed E-state index contributed by atoms with van der Waals surface area (Å²) in [6.45, 7) is 3.58. The smallest absolute Gasteiger partial charge is 0.339 e. The predicted octanol–water partition coefficient (Wildman–Crippen LogP) is 6.29. The lowest BCUT2D eigenvalue weighted by Gasteiger charge is -2.15. The number of benzene rings is 3. The van der Waals surface area contributed by atoms with Crippen molar-refractivity contribution in [2.24, 2.45) is 0 Å². The molecule has 0 amide bonds. The van der Waals surface area contributed by atoms with E-state index in [1.165, 1.54) is 0 Å². The fourth-order valence-corrected chi connectivity index (χ4v) is 3.59. The highest BCUT2D eigenvalue weighted by atomic mass is 35.5. The standard InChI is InChI=1S/C26H20ClNO3/c1-16-11-13-18(14-12-16)23-15-21(20-9-6-10-22(27)24(20)28-23)26(30)31-17(2)25(29)19-7-4-3-5-8-19/h3-15,17H,1-2H3. The van der Waals surface area contributed by atoms with Gasteiger partial charge in [-0.05, 0) is 26.0 Å². The number of rotatable bonds is 5. The normalized spacial score (nSPS) is 11.8. The van der Waals surface area contributed by atoms with E-state index in [0.29, 0.717) is 32.7 Å². The Balaban J connectivity index is 1.73. The van der Waals surface area contributed by atoms with Gasteiger partial charge in [-0.2, -0.15) is 0 Å². The lowest BCUT2D eigenvalue weighted by molar-refractivity contribution is 0.0320. The van der Waals surface area contributed by atoms with Gasteiger partial charge in [0.1, 0.15) is 0 Å². The number of esters is 1. The van der Waals surface area contributed by atoms with Crippen LogP contribution in [-0.4, -0.2) is 22.8 Å². The molecule has 0 aliphatic carbocycles. The van der Waals surface area contributed by atoms with Gasteiger partial charge in [-0.25, -0.2) is 9.78 Å².